The Labute approximate surface area is 148 Å². The maximum atomic E-state index is 12.1. The molecular weight excluding hydrogens is 338 g/mol. The number of benzene rings is 1. The number of carbonyl (C=O) groups is 1. The zero-order valence-electron chi connectivity index (χ0n) is 13.6. The summed E-state index contributed by atoms with van der Waals surface area (Å²) in [6.07, 6.45) is 3.00. The lowest BCUT2D eigenvalue weighted by molar-refractivity contribution is 0.0955. The summed E-state index contributed by atoms with van der Waals surface area (Å²) in [7, 11) is 0. The first-order valence-electron chi connectivity index (χ1n) is 7.65. The Morgan fingerprint density at radius 3 is 2.64 bits per heavy atom. The summed E-state index contributed by atoms with van der Waals surface area (Å²) in [6.45, 7) is 2.34. The van der Waals surface area contributed by atoms with Gasteiger partial charge in [0.2, 0.25) is 11.1 Å². The Kier molecular flexibility index (Phi) is 5.57. The molecule has 0 saturated heterocycles. The molecule has 0 saturated carbocycles. The second-order valence-electron chi connectivity index (χ2n) is 5.09. The molecule has 1 aromatic carbocycles. The Bertz CT molecular complexity index is 820. The van der Waals surface area contributed by atoms with Crippen molar-refractivity contribution < 1.29 is 4.79 Å². The van der Waals surface area contributed by atoms with E-state index in [1.807, 2.05) is 37.3 Å². The van der Waals surface area contributed by atoms with Crippen LogP contribution in [0.15, 0.2) is 47.9 Å². The van der Waals surface area contributed by atoms with Gasteiger partial charge in [-0.25, -0.2) is 15.0 Å². The van der Waals surface area contributed by atoms with Gasteiger partial charge in [0.1, 0.15) is 5.82 Å². The number of aromatic nitrogens is 5. The van der Waals surface area contributed by atoms with Crippen molar-refractivity contribution in [3.63, 3.8) is 0 Å². The maximum absolute atomic E-state index is 12.1. The Balaban J connectivity index is 1.45. The zero-order valence-corrected chi connectivity index (χ0v) is 14.4. The molecular formula is C16H17N7OS. The molecule has 2 heterocycles. The third-order valence-electron chi connectivity index (χ3n) is 3.14. The third kappa shape index (κ3) is 5.01. The highest BCUT2D eigenvalue weighted by atomic mass is 32.2. The summed E-state index contributed by atoms with van der Waals surface area (Å²) in [5.41, 5.74) is 1.30. The molecule has 0 unspecified atom stereocenters. The normalized spacial score (nSPS) is 10.4. The molecule has 1 amide bonds. The first-order chi connectivity index (χ1) is 12.2. The van der Waals surface area contributed by atoms with Gasteiger partial charge in [-0.05, 0) is 19.1 Å². The van der Waals surface area contributed by atoms with E-state index in [1.54, 1.807) is 0 Å². The van der Waals surface area contributed by atoms with Crippen molar-refractivity contribution in [1.29, 1.82) is 0 Å². The molecule has 0 atom stereocenters. The van der Waals surface area contributed by atoms with Crippen LogP contribution in [-0.4, -0.2) is 43.4 Å². The van der Waals surface area contributed by atoms with Crippen molar-refractivity contribution in [2.24, 2.45) is 0 Å². The lowest BCUT2D eigenvalue weighted by atomic mass is 10.3. The summed E-state index contributed by atoms with van der Waals surface area (Å²) in [5.74, 6) is 1.68. The zero-order chi connectivity index (χ0) is 17.5. The summed E-state index contributed by atoms with van der Waals surface area (Å²) >= 11 is 1.47. The molecule has 0 aliphatic rings. The molecule has 2 aromatic heterocycles. The lowest BCUT2D eigenvalue weighted by Gasteiger charge is -2.06. The molecule has 3 N–H and O–H groups in total. The van der Waals surface area contributed by atoms with E-state index < -0.39 is 0 Å². The van der Waals surface area contributed by atoms with Crippen molar-refractivity contribution in [2.45, 2.75) is 12.1 Å². The van der Waals surface area contributed by atoms with Crippen molar-refractivity contribution in [1.82, 2.24) is 30.5 Å². The van der Waals surface area contributed by atoms with E-state index >= 15 is 0 Å². The molecule has 0 bridgehead atoms. The average Bonchev–Trinajstić information content (AvgIpc) is 3.05. The largest absolute Gasteiger partial charge is 0.351 e. The number of H-pyrrole nitrogens is 1. The van der Waals surface area contributed by atoms with Gasteiger partial charge in [0.05, 0.1) is 5.56 Å². The molecule has 128 valence electrons. The van der Waals surface area contributed by atoms with Crippen LogP contribution in [0.3, 0.4) is 0 Å². The minimum atomic E-state index is -0.210. The Morgan fingerprint density at radius 2 is 1.96 bits per heavy atom. The molecule has 25 heavy (non-hydrogen) atoms. The average molecular weight is 355 g/mol. The second-order valence-corrected chi connectivity index (χ2v) is 6.16. The molecule has 0 spiro atoms. The number of rotatable bonds is 7. The molecule has 9 heteroatoms. The maximum Gasteiger partial charge on any atom is 0.254 e. The first-order valence-corrected chi connectivity index (χ1v) is 8.63. The van der Waals surface area contributed by atoms with Crippen molar-refractivity contribution >= 4 is 29.3 Å². The number of hydrogen-bond donors (Lipinski definition) is 3. The van der Waals surface area contributed by atoms with Gasteiger partial charge in [-0.3, -0.25) is 9.89 Å². The highest BCUT2D eigenvalue weighted by Gasteiger charge is 2.07. The van der Waals surface area contributed by atoms with Gasteiger partial charge >= 0.3 is 0 Å². The number of hydrogen-bond acceptors (Lipinski definition) is 7. The molecule has 0 radical (unpaired) electrons. The minimum absolute atomic E-state index is 0.210. The van der Waals surface area contributed by atoms with Crippen LogP contribution in [0.5, 0.6) is 0 Å². The Hall–Kier alpha value is -2.94. The smallest absolute Gasteiger partial charge is 0.254 e. The van der Waals surface area contributed by atoms with Gasteiger partial charge in [-0.2, -0.15) is 0 Å². The van der Waals surface area contributed by atoms with E-state index in [2.05, 4.69) is 35.8 Å². The van der Waals surface area contributed by atoms with Crippen LogP contribution in [0.4, 0.5) is 11.6 Å². The predicted octanol–water partition coefficient (Wildman–Crippen LogP) is 2.17. The highest BCUT2D eigenvalue weighted by Crippen LogP contribution is 2.12. The standard InChI is InChI=1S/C16H17N7OS/c1-11-20-16(23-22-11)25-8-7-17-14(24)12-9-18-15(19-10-12)21-13-5-3-2-4-6-13/h2-6,9-10H,7-8H2,1H3,(H,17,24)(H,18,19,21)(H,20,22,23). The summed E-state index contributed by atoms with van der Waals surface area (Å²) in [5, 5.41) is 13.4. The lowest BCUT2D eigenvalue weighted by Crippen LogP contribution is -2.26. The quantitative estimate of drug-likeness (QED) is 0.440. The van der Waals surface area contributed by atoms with Crippen molar-refractivity contribution in [3.8, 4) is 0 Å². The summed E-state index contributed by atoms with van der Waals surface area (Å²) in [4.78, 5) is 24.6. The van der Waals surface area contributed by atoms with E-state index in [0.717, 1.165) is 11.5 Å². The number of nitrogens with one attached hydrogen (secondary N) is 3. The molecule has 0 fully saturated rings. The molecule has 8 nitrogen and oxygen atoms in total. The molecule has 0 aliphatic carbocycles. The van der Waals surface area contributed by atoms with E-state index in [4.69, 9.17) is 0 Å². The van der Waals surface area contributed by atoms with Crippen LogP contribution in [0.2, 0.25) is 0 Å². The number of amides is 1. The summed E-state index contributed by atoms with van der Waals surface area (Å²) < 4.78 is 0. The molecule has 3 rings (SSSR count). The van der Waals surface area contributed by atoms with Crippen LogP contribution in [0.25, 0.3) is 0 Å². The van der Waals surface area contributed by atoms with E-state index in [1.165, 1.54) is 24.2 Å². The van der Waals surface area contributed by atoms with Crippen LogP contribution >= 0.6 is 11.8 Å². The minimum Gasteiger partial charge on any atom is -0.351 e. The van der Waals surface area contributed by atoms with E-state index in [0.29, 0.717) is 29.0 Å². The fourth-order valence-corrected chi connectivity index (χ4v) is 2.65. The first kappa shape index (κ1) is 16.9. The topological polar surface area (TPSA) is 108 Å². The van der Waals surface area contributed by atoms with Crippen LogP contribution in [0, 0.1) is 6.92 Å². The summed E-state index contributed by atoms with van der Waals surface area (Å²) in [6, 6.07) is 9.60. The van der Waals surface area contributed by atoms with Gasteiger partial charge in [-0.1, -0.05) is 30.0 Å². The van der Waals surface area contributed by atoms with Crippen molar-refractivity contribution in [2.75, 3.05) is 17.6 Å². The highest BCUT2D eigenvalue weighted by molar-refractivity contribution is 7.99. The number of anilines is 2. The van der Waals surface area contributed by atoms with Gasteiger partial charge in [-0.15, -0.1) is 5.10 Å². The van der Waals surface area contributed by atoms with Crippen LogP contribution < -0.4 is 10.6 Å². The van der Waals surface area contributed by atoms with Gasteiger partial charge < -0.3 is 10.6 Å². The second kappa shape index (κ2) is 8.25. The predicted molar refractivity (Wildman–Crippen MR) is 95.9 cm³/mol. The third-order valence-corrected chi connectivity index (χ3v) is 3.99. The monoisotopic (exact) mass is 355 g/mol. The number of aromatic amines is 1. The number of thioether (sulfide) groups is 1. The van der Waals surface area contributed by atoms with Gasteiger partial charge in [0.25, 0.3) is 5.91 Å². The fraction of sp³-hybridized carbons (Fsp3) is 0.188. The number of para-hydroxylation sites is 1. The number of carbonyl (C=O) groups excluding carboxylic acids is 1. The Morgan fingerprint density at radius 1 is 1.20 bits per heavy atom. The molecule has 0 aliphatic heterocycles. The van der Waals surface area contributed by atoms with Crippen molar-refractivity contribution in [3.05, 3.63) is 54.1 Å². The van der Waals surface area contributed by atoms with E-state index in [9.17, 15) is 4.79 Å². The van der Waals surface area contributed by atoms with Gasteiger partial charge in [0, 0.05) is 30.4 Å². The number of nitrogens with zero attached hydrogens (tertiary/aromatic N) is 4. The van der Waals surface area contributed by atoms with Crippen LogP contribution in [0.1, 0.15) is 16.2 Å². The fourth-order valence-electron chi connectivity index (χ4n) is 1.96. The molecule has 3 aromatic rings. The van der Waals surface area contributed by atoms with Crippen LogP contribution in [-0.2, 0) is 0 Å². The SMILES string of the molecule is Cc1nc(SCCNC(=O)c2cnc(Nc3ccccc3)nc2)n[nH]1. The van der Waals surface area contributed by atoms with Gasteiger partial charge in [0.15, 0.2) is 0 Å². The van der Waals surface area contributed by atoms with E-state index in [-0.39, 0.29) is 5.91 Å². The number of aryl methyl sites for hydroxylation is 1.